The topological polar surface area (TPSA) is 47.6 Å². The average Bonchev–Trinajstić information content (AvgIpc) is 2.64. The number of halogens is 2. The highest BCUT2D eigenvalue weighted by molar-refractivity contribution is 6.35. The van der Waals surface area contributed by atoms with Gasteiger partial charge in [0, 0.05) is 16.8 Å². The van der Waals surface area contributed by atoms with Crippen molar-refractivity contribution in [3.8, 4) is 11.5 Å². The van der Waals surface area contributed by atoms with Gasteiger partial charge >= 0.3 is 0 Å². The first kappa shape index (κ1) is 21.4. The van der Waals surface area contributed by atoms with Crippen molar-refractivity contribution in [1.29, 1.82) is 0 Å². The van der Waals surface area contributed by atoms with E-state index in [1.165, 1.54) is 12.8 Å². The van der Waals surface area contributed by atoms with Gasteiger partial charge in [-0.2, -0.15) is 0 Å². The van der Waals surface area contributed by atoms with E-state index >= 15 is 0 Å². The summed E-state index contributed by atoms with van der Waals surface area (Å²) in [6, 6.07) is 12.2. The number of amides is 1. The Morgan fingerprint density at radius 1 is 1.11 bits per heavy atom. The van der Waals surface area contributed by atoms with E-state index in [9.17, 15) is 4.79 Å². The molecule has 1 amide bonds. The van der Waals surface area contributed by atoms with E-state index < -0.39 is 6.10 Å². The average molecular weight is 410 g/mol. The third kappa shape index (κ3) is 7.31. The lowest BCUT2D eigenvalue weighted by Crippen LogP contribution is -2.30. The van der Waals surface area contributed by atoms with E-state index in [-0.39, 0.29) is 5.91 Å². The second-order valence-electron chi connectivity index (χ2n) is 6.26. The molecule has 0 spiro atoms. The Bertz CT molecular complexity index is 752. The van der Waals surface area contributed by atoms with Crippen molar-refractivity contribution in [3.63, 3.8) is 0 Å². The first-order chi connectivity index (χ1) is 13.0. The number of nitrogens with one attached hydrogen (secondary N) is 1. The van der Waals surface area contributed by atoms with Crippen LogP contribution in [0.5, 0.6) is 11.5 Å². The van der Waals surface area contributed by atoms with Crippen molar-refractivity contribution >= 4 is 34.8 Å². The molecule has 2 aromatic carbocycles. The molecule has 0 aliphatic rings. The van der Waals surface area contributed by atoms with Gasteiger partial charge in [-0.3, -0.25) is 4.79 Å². The first-order valence-corrected chi connectivity index (χ1v) is 9.90. The summed E-state index contributed by atoms with van der Waals surface area (Å²) < 4.78 is 11.4. The maximum Gasteiger partial charge on any atom is 0.265 e. The molecule has 2 aromatic rings. The summed E-state index contributed by atoms with van der Waals surface area (Å²) in [6.07, 6.45) is 3.88. The Hall–Kier alpha value is -1.91. The number of hydrogen-bond acceptors (Lipinski definition) is 3. The van der Waals surface area contributed by atoms with Crippen molar-refractivity contribution in [2.45, 2.75) is 45.6 Å². The monoisotopic (exact) mass is 409 g/mol. The summed E-state index contributed by atoms with van der Waals surface area (Å²) in [5, 5.41) is 3.70. The lowest BCUT2D eigenvalue weighted by Gasteiger charge is -2.16. The fraction of sp³-hybridized carbons (Fsp3) is 0.381. The molecule has 0 heterocycles. The Morgan fingerprint density at radius 2 is 1.93 bits per heavy atom. The van der Waals surface area contributed by atoms with Crippen LogP contribution in [0.3, 0.4) is 0 Å². The molecule has 0 bridgehead atoms. The normalized spacial score (nSPS) is 11.7. The molecular formula is C21H25Cl2NO3. The molecule has 0 aliphatic carbocycles. The Labute approximate surface area is 170 Å². The third-order valence-electron chi connectivity index (χ3n) is 3.94. The molecule has 1 atom stereocenters. The van der Waals surface area contributed by atoms with Gasteiger partial charge in [-0.1, -0.05) is 55.5 Å². The number of rotatable bonds is 10. The molecule has 0 aliphatic heterocycles. The third-order valence-corrected chi connectivity index (χ3v) is 4.47. The SMILES string of the molecule is CCCCCCOc1cccc(NC(=O)C(C)Oc2ccc(Cl)cc2Cl)c1. The second kappa shape index (κ2) is 11.1. The maximum atomic E-state index is 12.4. The highest BCUT2D eigenvalue weighted by Crippen LogP contribution is 2.28. The highest BCUT2D eigenvalue weighted by Gasteiger charge is 2.16. The van der Waals surface area contributed by atoms with Gasteiger partial charge in [0.05, 0.1) is 11.6 Å². The molecule has 27 heavy (non-hydrogen) atoms. The highest BCUT2D eigenvalue weighted by atomic mass is 35.5. The molecule has 0 aromatic heterocycles. The standard InChI is InChI=1S/C21H25Cl2NO3/c1-3-4-5-6-12-26-18-9-7-8-17(14-18)24-21(25)15(2)27-20-11-10-16(22)13-19(20)23/h7-11,13-15H,3-6,12H2,1-2H3,(H,24,25). The summed E-state index contributed by atoms with van der Waals surface area (Å²) in [7, 11) is 0. The summed E-state index contributed by atoms with van der Waals surface area (Å²) in [4.78, 5) is 12.4. The van der Waals surface area contributed by atoms with Gasteiger partial charge in [-0.25, -0.2) is 0 Å². The van der Waals surface area contributed by atoms with Gasteiger partial charge in [-0.15, -0.1) is 0 Å². The number of ether oxygens (including phenoxy) is 2. The van der Waals surface area contributed by atoms with Crippen LogP contribution in [-0.2, 0) is 4.79 Å². The van der Waals surface area contributed by atoms with Gasteiger partial charge in [0.2, 0.25) is 0 Å². The van der Waals surface area contributed by atoms with Crippen LogP contribution in [0.15, 0.2) is 42.5 Å². The molecule has 1 N–H and O–H groups in total. The van der Waals surface area contributed by atoms with E-state index in [4.69, 9.17) is 32.7 Å². The van der Waals surface area contributed by atoms with Gasteiger partial charge in [0.1, 0.15) is 11.5 Å². The fourth-order valence-corrected chi connectivity index (χ4v) is 2.89. The molecule has 0 radical (unpaired) electrons. The zero-order chi connectivity index (χ0) is 19.6. The quantitative estimate of drug-likeness (QED) is 0.464. The first-order valence-electron chi connectivity index (χ1n) is 9.15. The zero-order valence-corrected chi connectivity index (χ0v) is 17.1. The Kier molecular flexibility index (Phi) is 8.76. The molecule has 6 heteroatoms. The zero-order valence-electron chi connectivity index (χ0n) is 15.6. The lowest BCUT2D eigenvalue weighted by molar-refractivity contribution is -0.122. The van der Waals surface area contributed by atoms with Gasteiger partial charge in [-0.05, 0) is 43.7 Å². The largest absolute Gasteiger partial charge is 0.494 e. The number of benzene rings is 2. The number of unbranched alkanes of at least 4 members (excludes halogenated alkanes) is 3. The second-order valence-corrected chi connectivity index (χ2v) is 7.10. The van der Waals surface area contributed by atoms with Crippen molar-refractivity contribution in [1.82, 2.24) is 0 Å². The summed E-state index contributed by atoms with van der Waals surface area (Å²) in [5.74, 6) is 0.868. The molecule has 0 fully saturated rings. The van der Waals surface area contributed by atoms with Gasteiger partial charge in [0.15, 0.2) is 6.10 Å². The lowest BCUT2D eigenvalue weighted by atomic mass is 10.2. The van der Waals surface area contributed by atoms with Crippen LogP contribution in [0.1, 0.15) is 39.5 Å². The Morgan fingerprint density at radius 3 is 2.67 bits per heavy atom. The molecule has 4 nitrogen and oxygen atoms in total. The maximum absolute atomic E-state index is 12.4. The predicted molar refractivity (Wildman–Crippen MR) is 111 cm³/mol. The molecule has 0 saturated carbocycles. The minimum absolute atomic E-state index is 0.277. The van der Waals surface area contributed by atoms with Gasteiger partial charge < -0.3 is 14.8 Å². The van der Waals surface area contributed by atoms with E-state index in [0.29, 0.717) is 28.1 Å². The minimum Gasteiger partial charge on any atom is -0.494 e. The molecule has 2 rings (SSSR count). The van der Waals surface area contributed by atoms with Crippen molar-refractivity contribution in [3.05, 3.63) is 52.5 Å². The number of carbonyl (C=O) groups excluding carboxylic acids is 1. The molecule has 146 valence electrons. The van der Waals surface area contributed by atoms with Crippen LogP contribution in [0, 0.1) is 0 Å². The van der Waals surface area contributed by atoms with Crippen molar-refractivity contribution in [2.24, 2.45) is 0 Å². The van der Waals surface area contributed by atoms with E-state index in [2.05, 4.69) is 12.2 Å². The van der Waals surface area contributed by atoms with E-state index in [1.807, 2.05) is 18.2 Å². The number of anilines is 1. The van der Waals surface area contributed by atoms with Crippen LogP contribution >= 0.6 is 23.2 Å². The van der Waals surface area contributed by atoms with E-state index in [1.54, 1.807) is 31.2 Å². The smallest absolute Gasteiger partial charge is 0.265 e. The van der Waals surface area contributed by atoms with Crippen LogP contribution in [0.4, 0.5) is 5.69 Å². The van der Waals surface area contributed by atoms with Gasteiger partial charge in [0.25, 0.3) is 5.91 Å². The number of hydrogen-bond donors (Lipinski definition) is 1. The Balaban J connectivity index is 1.87. The summed E-state index contributed by atoms with van der Waals surface area (Å²) >= 11 is 11.9. The van der Waals surface area contributed by atoms with Crippen molar-refractivity contribution < 1.29 is 14.3 Å². The van der Waals surface area contributed by atoms with Crippen LogP contribution in [0.25, 0.3) is 0 Å². The van der Waals surface area contributed by atoms with Crippen LogP contribution < -0.4 is 14.8 Å². The molecular weight excluding hydrogens is 385 g/mol. The van der Waals surface area contributed by atoms with E-state index in [0.717, 1.165) is 18.6 Å². The summed E-state index contributed by atoms with van der Waals surface area (Å²) in [5.41, 5.74) is 0.656. The van der Waals surface area contributed by atoms with Crippen LogP contribution in [0.2, 0.25) is 10.0 Å². The molecule has 1 unspecified atom stereocenters. The number of carbonyl (C=O) groups is 1. The van der Waals surface area contributed by atoms with Crippen molar-refractivity contribution in [2.75, 3.05) is 11.9 Å². The minimum atomic E-state index is -0.720. The summed E-state index contributed by atoms with van der Waals surface area (Å²) in [6.45, 7) is 4.51. The molecule has 0 saturated heterocycles. The fourth-order valence-electron chi connectivity index (χ4n) is 2.44. The van der Waals surface area contributed by atoms with Crippen LogP contribution in [-0.4, -0.2) is 18.6 Å². The predicted octanol–water partition coefficient (Wildman–Crippen LogP) is 6.36.